The Labute approximate surface area is 171 Å². The van der Waals surface area contributed by atoms with Gasteiger partial charge < -0.3 is 14.8 Å². The molecule has 8 heteroatoms. The maximum Gasteiger partial charge on any atom is 0.341 e. The number of fused-ring (bicyclic) bond motifs is 1. The maximum atomic E-state index is 12.4. The minimum atomic E-state index is -0.526. The van der Waals surface area contributed by atoms with E-state index < -0.39 is 11.9 Å². The van der Waals surface area contributed by atoms with Crippen LogP contribution in [0.25, 0.3) is 10.9 Å². The van der Waals surface area contributed by atoms with Gasteiger partial charge in [0.15, 0.2) is 0 Å². The summed E-state index contributed by atoms with van der Waals surface area (Å²) in [6.45, 7) is 1.94. The van der Waals surface area contributed by atoms with Crippen molar-refractivity contribution in [3.05, 3.63) is 63.8 Å². The molecule has 1 heterocycles. The van der Waals surface area contributed by atoms with E-state index in [1.807, 2.05) is 0 Å². The highest BCUT2D eigenvalue weighted by atomic mass is 35.5. The third-order valence-electron chi connectivity index (χ3n) is 3.96. The van der Waals surface area contributed by atoms with Crippen LogP contribution in [0.3, 0.4) is 0 Å². The Kier molecular flexibility index (Phi) is 6.02. The molecule has 0 radical (unpaired) electrons. The summed E-state index contributed by atoms with van der Waals surface area (Å²) in [5.41, 5.74) is 2.24. The predicted molar refractivity (Wildman–Crippen MR) is 109 cm³/mol. The Bertz CT molecular complexity index is 1050. The minimum absolute atomic E-state index is 0.223. The molecule has 0 aliphatic rings. The van der Waals surface area contributed by atoms with Gasteiger partial charge in [0.05, 0.1) is 35.5 Å². The second kappa shape index (κ2) is 8.46. The van der Waals surface area contributed by atoms with Crippen LogP contribution in [0.1, 0.15) is 27.6 Å². The number of nitrogens with zero attached hydrogens (tertiary/aromatic N) is 1. The number of rotatable bonds is 5. The average Bonchev–Trinajstić information content (AvgIpc) is 2.68. The van der Waals surface area contributed by atoms with Crippen molar-refractivity contribution in [2.45, 2.75) is 6.92 Å². The molecule has 28 heavy (non-hydrogen) atoms. The van der Waals surface area contributed by atoms with Crippen LogP contribution in [0.15, 0.2) is 42.6 Å². The molecule has 0 aliphatic carbocycles. The molecule has 0 saturated carbocycles. The van der Waals surface area contributed by atoms with E-state index in [2.05, 4.69) is 10.3 Å². The summed E-state index contributed by atoms with van der Waals surface area (Å²) in [4.78, 5) is 28.3. The number of pyridine rings is 1. The van der Waals surface area contributed by atoms with Crippen molar-refractivity contribution in [3.8, 4) is 0 Å². The van der Waals surface area contributed by atoms with Crippen LogP contribution in [0.5, 0.6) is 0 Å². The van der Waals surface area contributed by atoms with Crippen molar-refractivity contribution in [2.24, 2.45) is 0 Å². The molecule has 1 N–H and O–H groups in total. The molecule has 0 aliphatic heterocycles. The van der Waals surface area contributed by atoms with E-state index in [1.54, 1.807) is 43.3 Å². The number of methoxy groups -OCH3 is 1. The fourth-order valence-corrected chi connectivity index (χ4v) is 3.22. The Balaban J connectivity index is 2.12. The monoisotopic (exact) mass is 418 g/mol. The van der Waals surface area contributed by atoms with E-state index in [9.17, 15) is 9.59 Å². The summed E-state index contributed by atoms with van der Waals surface area (Å²) in [5, 5.41) is 4.52. The van der Waals surface area contributed by atoms with Gasteiger partial charge in [0.2, 0.25) is 0 Å². The van der Waals surface area contributed by atoms with Gasteiger partial charge in [0, 0.05) is 22.3 Å². The third-order valence-corrected chi connectivity index (χ3v) is 4.47. The third kappa shape index (κ3) is 4.03. The summed E-state index contributed by atoms with van der Waals surface area (Å²) < 4.78 is 9.83. The van der Waals surface area contributed by atoms with Crippen LogP contribution in [-0.2, 0) is 9.47 Å². The van der Waals surface area contributed by atoms with Gasteiger partial charge in [0.25, 0.3) is 0 Å². The molecule has 0 spiro atoms. The Morgan fingerprint density at radius 3 is 2.46 bits per heavy atom. The number of carbonyl (C=O) groups is 2. The van der Waals surface area contributed by atoms with Crippen molar-refractivity contribution in [1.82, 2.24) is 4.98 Å². The highest BCUT2D eigenvalue weighted by Gasteiger charge is 2.19. The maximum absolute atomic E-state index is 12.4. The largest absolute Gasteiger partial charge is 0.465 e. The average molecular weight is 419 g/mol. The quantitative estimate of drug-likeness (QED) is 0.570. The van der Waals surface area contributed by atoms with Gasteiger partial charge in [0.1, 0.15) is 5.56 Å². The first-order valence-corrected chi connectivity index (χ1v) is 9.10. The number of carbonyl (C=O) groups excluding carboxylic acids is 2. The molecule has 1 aromatic heterocycles. The van der Waals surface area contributed by atoms with Gasteiger partial charge in [-0.3, -0.25) is 4.98 Å². The number of anilines is 2. The topological polar surface area (TPSA) is 77.5 Å². The second-order valence-corrected chi connectivity index (χ2v) is 6.59. The Hall–Kier alpha value is -2.83. The van der Waals surface area contributed by atoms with Crippen LogP contribution in [0, 0.1) is 0 Å². The van der Waals surface area contributed by atoms with Crippen molar-refractivity contribution < 1.29 is 19.1 Å². The molecule has 0 atom stereocenters. The lowest BCUT2D eigenvalue weighted by atomic mass is 10.1. The number of nitrogens with one attached hydrogen (secondary N) is 1. The van der Waals surface area contributed by atoms with E-state index in [1.165, 1.54) is 13.3 Å². The molecule has 3 rings (SSSR count). The summed E-state index contributed by atoms with van der Waals surface area (Å²) in [6, 6.07) is 9.86. The molecule has 3 aromatic rings. The second-order valence-electron chi connectivity index (χ2n) is 5.75. The first-order valence-electron chi connectivity index (χ1n) is 8.35. The fraction of sp³-hybridized carbons (Fsp3) is 0.150. The lowest BCUT2D eigenvalue weighted by Gasteiger charge is -2.15. The summed E-state index contributed by atoms with van der Waals surface area (Å²) in [6.07, 6.45) is 1.41. The number of hydrogen-bond donors (Lipinski definition) is 1. The van der Waals surface area contributed by atoms with E-state index in [0.29, 0.717) is 37.9 Å². The standard InChI is InChI=1S/C20H16Cl2N2O4/c1-3-28-20(26)15-10-23-18-14(8-12(21)9-16(18)22)17(15)24-13-6-4-11(5-7-13)19(25)27-2/h4-10H,3H2,1-2H3,(H,23,24). The highest BCUT2D eigenvalue weighted by Crippen LogP contribution is 2.35. The van der Waals surface area contributed by atoms with Crippen LogP contribution < -0.4 is 5.32 Å². The molecular weight excluding hydrogens is 403 g/mol. The molecule has 144 valence electrons. The zero-order valence-corrected chi connectivity index (χ0v) is 16.6. The fourth-order valence-electron chi connectivity index (χ4n) is 2.68. The summed E-state index contributed by atoms with van der Waals surface area (Å²) >= 11 is 12.4. The Morgan fingerprint density at radius 1 is 1.11 bits per heavy atom. The number of ether oxygens (including phenoxy) is 2. The molecule has 0 bridgehead atoms. The van der Waals surface area contributed by atoms with Gasteiger partial charge in [-0.2, -0.15) is 0 Å². The minimum Gasteiger partial charge on any atom is -0.465 e. The first kappa shape index (κ1) is 19.9. The molecule has 0 unspecified atom stereocenters. The number of hydrogen-bond acceptors (Lipinski definition) is 6. The first-order chi connectivity index (χ1) is 13.4. The zero-order valence-electron chi connectivity index (χ0n) is 15.1. The van der Waals surface area contributed by atoms with E-state index in [-0.39, 0.29) is 12.2 Å². The normalized spacial score (nSPS) is 10.6. The van der Waals surface area contributed by atoms with E-state index >= 15 is 0 Å². The Morgan fingerprint density at radius 2 is 1.82 bits per heavy atom. The van der Waals surface area contributed by atoms with Crippen molar-refractivity contribution in [3.63, 3.8) is 0 Å². The van der Waals surface area contributed by atoms with Gasteiger partial charge in [-0.15, -0.1) is 0 Å². The summed E-state index contributed by atoms with van der Waals surface area (Å²) in [7, 11) is 1.32. The smallest absolute Gasteiger partial charge is 0.341 e. The zero-order chi connectivity index (χ0) is 20.3. The SMILES string of the molecule is CCOC(=O)c1cnc2c(Cl)cc(Cl)cc2c1Nc1ccc(C(=O)OC)cc1. The van der Waals surface area contributed by atoms with Crippen molar-refractivity contribution >= 4 is 57.4 Å². The molecule has 6 nitrogen and oxygen atoms in total. The van der Waals surface area contributed by atoms with Crippen LogP contribution >= 0.6 is 23.2 Å². The number of halogens is 2. The van der Waals surface area contributed by atoms with Gasteiger partial charge in [-0.1, -0.05) is 23.2 Å². The molecular formula is C20H16Cl2N2O4. The van der Waals surface area contributed by atoms with Gasteiger partial charge in [-0.05, 0) is 43.3 Å². The molecule has 0 fully saturated rings. The summed E-state index contributed by atoms with van der Waals surface area (Å²) in [5.74, 6) is -0.964. The number of esters is 2. The van der Waals surface area contributed by atoms with Gasteiger partial charge >= 0.3 is 11.9 Å². The van der Waals surface area contributed by atoms with E-state index in [4.69, 9.17) is 32.7 Å². The lowest BCUT2D eigenvalue weighted by Crippen LogP contribution is -2.09. The molecule has 0 amide bonds. The lowest BCUT2D eigenvalue weighted by molar-refractivity contribution is 0.0526. The number of aromatic nitrogens is 1. The van der Waals surface area contributed by atoms with Crippen molar-refractivity contribution in [2.75, 3.05) is 19.0 Å². The highest BCUT2D eigenvalue weighted by molar-refractivity contribution is 6.38. The van der Waals surface area contributed by atoms with Gasteiger partial charge in [-0.25, -0.2) is 9.59 Å². The van der Waals surface area contributed by atoms with Crippen LogP contribution in [0.2, 0.25) is 10.0 Å². The van der Waals surface area contributed by atoms with Crippen LogP contribution in [-0.4, -0.2) is 30.6 Å². The predicted octanol–water partition coefficient (Wildman–Crippen LogP) is 5.25. The number of benzene rings is 2. The molecule has 0 saturated heterocycles. The van der Waals surface area contributed by atoms with Crippen LogP contribution in [0.4, 0.5) is 11.4 Å². The van der Waals surface area contributed by atoms with E-state index in [0.717, 1.165) is 0 Å². The van der Waals surface area contributed by atoms with Crippen molar-refractivity contribution in [1.29, 1.82) is 0 Å². The molecule has 2 aromatic carbocycles.